The van der Waals surface area contributed by atoms with E-state index in [4.69, 9.17) is 0 Å². The van der Waals surface area contributed by atoms with Gasteiger partial charge in [-0.15, -0.1) is 0 Å². The minimum absolute atomic E-state index is 0.138. The number of hydrogen-bond donors (Lipinski definition) is 1. The van der Waals surface area contributed by atoms with Crippen LogP contribution < -0.4 is 0 Å². The summed E-state index contributed by atoms with van der Waals surface area (Å²) in [5, 5.41) is 0. The number of Topliss-reactive ketones (excluding diaryl/α,β-unsaturated/α-hetero) is 1. The molecule has 0 atom stereocenters. The van der Waals surface area contributed by atoms with Crippen LogP contribution >= 0.6 is 0 Å². The molecule has 1 rings (SSSR count). The number of nitrogens with zero attached hydrogens (tertiary/aromatic N) is 1. The lowest BCUT2D eigenvalue weighted by Crippen LogP contribution is -2.01. The standard InChI is InChI=1S/C13H22N2O/c1-2-3-4-5-6-7-8-9-12(16)13-14-10-11-15-13/h10-11H,2-9H2,1H3,(H,14,15). The predicted molar refractivity (Wildman–Crippen MR) is 65.5 cm³/mol. The first-order valence-electron chi connectivity index (χ1n) is 6.37. The summed E-state index contributed by atoms with van der Waals surface area (Å²) in [5.74, 6) is 0.643. The van der Waals surface area contributed by atoms with Gasteiger partial charge in [-0.2, -0.15) is 0 Å². The summed E-state index contributed by atoms with van der Waals surface area (Å²) in [6, 6.07) is 0. The van der Waals surface area contributed by atoms with E-state index < -0.39 is 0 Å². The van der Waals surface area contributed by atoms with Gasteiger partial charge in [0.05, 0.1) is 0 Å². The third-order valence-corrected chi connectivity index (χ3v) is 2.77. The predicted octanol–water partition coefficient (Wildman–Crippen LogP) is 3.73. The number of carbonyl (C=O) groups excluding carboxylic acids is 1. The van der Waals surface area contributed by atoms with Gasteiger partial charge in [-0.25, -0.2) is 4.98 Å². The smallest absolute Gasteiger partial charge is 0.198 e. The fraction of sp³-hybridized carbons (Fsp3) is 0.692. The molecule has 0 unspecified atom stereocenters. The average molecular weight is 222 g/mol. The Hall–Kier alpha value is -1.12. The Labute approximate surface area is 97.7 Å². The molecule has 0 aliphatic heterocycles. The zero-order valence-electron chi connectivity index (χ0n) is 10.2. The number of carbonyl (C=O) groups is 1. The minimum atomic E-state index is 0.138. The molecule has 1 aromatic rings. The number of nitrogens with one attached hydrogen (secondary N) is 1. The highest BCUT2D eigenvalue weighted by Gasteiger charge is 2.06. The lowest BCUT2D eigenvalue weighted by atomic mass is 10.1. The van der Waals surface area contributed by atoms with E-state index in [-0.39, 0.29) is 5.78 Å². The second kappa shape index (κ2) is 8.08. The number of aromatic nitrogens is 2. The summed E-state index contributed by atoms with van der Waals surface area (Å²) in [5.41, 5.74) is 0. The second-order valence-corrected chi connectivity index (χ2v) is 4.23. The molecule has 0 fully saturated rings. The molecule has 0 spiro atoms. The Bertz CT molecular complexity index is 280. The van der Waals surface area contributed by atoms with Crippen LogP contribution in [0.5, 0.6) is 0 Å². The molecule has 1 aromatic heterocycles. The normalized spacial score (nSPS) is 10.6. The van der Waals surface area contributed by atoms with Crippen molar-refractivity contribution in [2.24, 2.45) is 0 Å². The molecule has 1 N–H and O–H groups in total. The van der Waals surface area contributed by atoms with Crippen LogP contribution in [0.15, 0.2) is 12.4 Å². The molecule has 0 aliphatic rings. The van der Waals surface area contributed by atoms with Gasteiger partial charge in [0.15, 0.2) is 11.6 Å². The van der Waals surface area contributed by atoms with Gasteiger partial charge >= 0.3 is 0 Å². The highest BCUT2D eigenvalue weighted by Crippen LogP contribution is 2.09. The van der Waals surface area contributed by atoms with Crippen molar-refractivity contribution in [2.45, 2.75) is 58.3 Å². The summed E-state index contributed by atoms with van der Waals surface area (Å²) in [4.78, 5) is 18.3. The summed E-state index contributed by atoms with van der Waals surface area (Å²) >= 11 is 0. The van der Waals surface area contributed by atoms with Crippen molar-refractivity contribution in [1.29, 1.82) is 0 Å². The second-order valence-electron chi connectivity index (χ2n) is 4.23. The monoisotopic (exact) mass is 222 g/mol. The van der Waals surface area contributed by atoms with Gasteiger partial charge in [0.25, 0.3) is 0 Å². The lowest BCUT2D eigenvalue weighted by molar-refractivity contribution is 0.0970. The van der Waals surface area contributed by atoms with Gasteiger partial charge in [-0.05, 0) is 6.42 Å². The Balaban J connectivity index is 1.97. The van der Waals surface area contributed by atoms with E-state index in [9.17, 15) is 4.79 Å². The quantitative estimate of drug-likeness (QED) is 0.511. The van der Waals surface area contributed by atoms with Gasteiger partial charge in [0.2, 0.25) is 0 Å². The fourth-order valence-corrected chi connectivity index (χ4v) is 1.78. The maximum absolute atomic E-state index is 11.5. The van der Waals surface area contributed by atoms with Crippen molar-refractivity contribution in [2.75, 3.05) is 0 Å². The van der Waals surface area contributed by atoms with Crippen molar-refractivity contribution in [3.63, 3.8) is 0 Å². The lowest BCUT2D eigenvalue weighted by Gasteiger charge is -2.00. The van der Waals surface area contributed by atoms with Crippen LogP contribution in [0.1, 0.15) is 68.9 Å². The van der Waals surface area contributed by atoms with Crippen LogP contribution in [-0.4, -0.2) is 15.8 Å². The molecule has 3 nitrogen and oxygen atoms in total. The van der Waals surface area contributed by atoms with Crippen molar-refractivity contribution in [1.82, 2.24) is 9.97 Å². The van der Waals surface area contributed by atoms with Gasteiger partial charge in [-0.3, -0.25) is 4.79 Å². The molecule has 0 aliphatic carbocycles. The zero-order chi connectivity index (χ0) is 11.6. The van der Waals surface area contributed by atoms with E-state index in [1.54, 1.807) is 12.4 Å². The Morgan fingerprint density at radius 1 is 1.19 bits per heavy atom. The largest absolute Gasteiger partial charge is 0.342 e. The average Bonchev–Trinajstić information content (AvgIpc) is 2.81. The number of ketones is 1. The van der Waals surface area contributed by atoms with E-state index in [2.05, 4.69) is 16.9 Å². The van der Waals surface area contributed by atoms with Crippen LogP contribution in [0.4, 0.5) is 0 Å². The molecule has 3 heteroatoms. The molecular formula is C13H22N2O. The number of H-pyrrole nitrogens is 1. The van der Waals surface area contributed by atoms with Gasteiger partial charge in [0.1, 0.15) is 0 Å². The molecule has 0 saturated carbocycles. The van der Waals surface area contributed by atoms with Gasteiger partial charge in [0, 0.05) is 18.8 Å². The molecule has 0 radical (unpaired) electrons. The third-order valence-electron chi connectivity index (χ3n) is 2.77. The Kier molecular flexibility index (Phi) is 6.54. The maximum Gasteiger partial charge on any atom is 0.198 e. The van der Waals surface area contributed by atoms with E-state index in [1.807, 2.05) is 0 Å². The summed E-state index contributed by atoms with van der Waals surface area (Å²) in [7, 11) is 0. The molecule has 0 saturated heterocycles. The first-order chi connectivity index (χ1) is 7.84. The summed E-state index contributed by atoms with van der Waals surface area (Å²) in [6.07, 6.45) is 12.6. The van der Waals surface area contributed by atoms with Crippen LogP contribution in [0.2, 0.25) is 0 Å². The van der Waals surface area contributed by atoms with Crippen LogP contribution in [-0.2, 0) is 0 Å². The number of aromatic amines is 1. The number of unbranched alkanes of at least 4 members (excludes halogenated alkanes) is 6. The van der Waals surface area contributed by atoms with Crippen LogP contribution in [0, 0.1) is 0 Å². The summed E-state index contributed by atoms with van der Waals surface area (Å²) < 4.78 is 0. The number of imidazole rings is 1. The molecular weight excluding hydrogens is 200 g/mol. The van der Waals surface area contributed by atoms with Crippen molar-refractivity contribution in [3.05, 3.63) is 18.2 Å². The first kappa shape index (κ1) is 12.9. The SMILES string of the molecule is CCCCCCCCCC(=O)c1ncc[nH]1. The van der Waals surface area contributed by atoms with Crippen molar-refractivity contribution in [3.8, 4) is 0 Å². The molecule has 0 aromatic carbocycles. The third kappa shape index (κ3) is 5.10. The molecule has 16 heavy (non-hydrogen) atoms. The van der Waals surface area contributed by atoms with Crippen molar-refractivity contribution >= 4 is 5.78 Å². The highest BCUT2D eigenvalue weighted by atomic mass is 16.1. The highest BCUT2D eigenvalue weighted by molar-refractivity contribution is 5.92. The van der Waals surface area contributed by atoms with Crippen molar-refractivity contribution < 1.29 is 4.79 Å². The fourth-order valence-electron chi connectivity index (χ4n) is 1.78. The Morgan fingerprint density at radius 3 is 2.50 bits per heavy atom. The molecule has 1 heterocycles. The minimum Gasteiger partial charge on any atom is -0.342 e. The van der Waals surface area contributed by atoms with E-state index in [0.29, 0.717) is 12.2 Å². The van der Waals surface area contributed by atoms with Gasteiger partial charge < -0.3 is 4.98 Å². The summed E-state index contributed by atoms with van der Waals surface area (Å²) in [6.45, 7) is 2.22. The van der Waals surface area contributed by atoms with Gasteiger partial charge in [-0.1, -0.05) is 45.4 Å². The first-order valence-corrected chi connectivity index (χ1v) is 6.37. The molecule has 0 amide bonds. The van der Waals surface area contributed by atoms with E-state index in [1.165, 1.54) is 32.1 Å². The zero-order valence-corrected chi connectivity index (χ0v) is 10.2. The van der Waals surface area contributed by atoms with Crippen LogP contribution in [0.25, 0.3) is 0 Å². The maximum atomic E-state index is 11.5. The molecule has 0 bridgehead atoms. The topological polar surface area (TPSA) is 45.8 Å². The number of rotatable bonds is 9. The van der Waals surface area contributed by atoms with E-state index in [0.717, 1.165) is 12.8 Å². The van der Waals surface area contributed by atoms with Crippen LogP contribution in [0.3, 0.4) is 0 Å². The number of hydrogen-bond acceptors (Lipinski definition) is 2. The Morgan fingerprint density at radius 2 is 1.88 bits per heavy atom. The van der Waals surface area contributed by atoms with E-state index >= 15 is 0 Å². The molecule has 90 valence electrons.